The van der Waals surface area contributed by atoms with Gasteiger partial charge in [-0.3, -0.25) is 4.79 Å². The van der Waals surface area contributed by atoms with E-state index in [4.69, 9.17) is 9.72 Å². The zero-order valence-corrected chi connectivity index (χ0v) is 15.9. The molecule has 0 N–H and O–H groups in total. The molecule has 2 aromatic heterocycles. The van der Waals surface area contributed by atoms with Gasteiger partial charge >= 0.3 is 0 Å². The molecule has 1 aromatic carbocycles. The van der Waals surface area contributed by atoms with Crippen molar-refractivity contribution in [3.05, 3.63) is 51.4 Å². The van der Waals surface area contributed by atoms with Crippen LogP contribution in [0.2, 0.25) is 0 Å². The summed E-state index contributed by atoms with van der Waals surface area (Å²) in [5.41, 5.74) is 5.09. The third kappa shape index (κ3) is 3.13. The Bertz CT molecular complexity index is 940. The normalized spacial score (nSPS) is 17.8. The van der Waals surface area contributed by atoms with Crippen LogP contribution in [0.5, 0.6) is 0 Å². The van der Waals surface area contributed by atoms with Gasteiger partial charge in [0.2, 0.25) is 6.41 Å². The second-order valence-corrected chi connectivity index (χ2v) is 7.27. The van der Waals surface area contributed by atoms with Gasteiger partial charge in [-0.2, -0.15) is 5.10 Å². The number of halogens is 1. The van der Waals surface area contributed by atoms with Crippen molar-refractivity contribution in [2.75, 3.05) is 19.7 Å². The van der Waals surface area contributed by atoms with E-state index in [0.717, 1.165) is 38.0 Å². The van der Waals surface area contributed by atoms with E-state index in [1.54, 1.807) is 15.6 Å². The average molecular weight is 448 g/mol. The number of hydrogen-bond donors (Lipinski definition) is 0. The van der Waals surface area contributed by atoms with Crippen LogP contribution >= 0.6 is 22.6 Å². The first-order chi connectivity index (χ1) is 12.2. The topological polar surface area (TPSA) is 59.7 Å². The summed E-state index contributed by atoms with van der Waals surface area (Å²) in [4.78, 5) is 17.5. The van der Waals surface area contributed by atoms with Crippen molar-refractivity contribution in [1.82, 2.24) is 19.5 Å². The number of fused-ring (bicyclic) bond motifs is 1. The molecule has 0 aliphatic carbocycles. The van der Waals surface area contributed by atoms with Gasteiger partial charge in [0, 0.05) is 18.3 Å². The molecule has 1 saturated heterocycles. The summed E-state index contributed by atoms with van der Waals surface area (Å²) in [7, 11) is 0. The second-order valence-electron chi connectivity index (χ2n) is 6.10. The predicted molar refractivity (Wildman–Crippen MR) is 102 cm³/mol. The molecular weight excluding hydrogens is 431 g/mol. The Balaban J connectivity index is 1.66. The summed E-state index contributed by atoms with van der Waals surface area (Å²) < 4.78 is 8.66. The van der Waals surface area contributed by atoms with Crippen LogP contribution in [0, 0.1) is 10.5 Å². The van der Waals surface area contributed by atoms with Crippen molar-refractivity contribution in [3.63, 3.8) is 0 Å². The highest BCUT2D eigenvalue weighted by molar-refractivity contribution is 14.1. The maximum Gasteiger partial charge on any atom is 0.209 e. The van der Waals surface area contributed by atoms with Gasteiger partial charge in [-0.15, -0.1) is 0 Å². The van der Waals surface area contributed by atoms with Crippen LogP contribution in [0.15, 0.2) is 36.7 Å². The fourth-order valence-electron chi connectivity index (χ4n) is 3.15. The predicted octanol–water partition coefficient (Wildman–Crippen LogP) is 2.84. The standard InChI is InChI=1S/C18H17IN4O2/c1-12-8-13(16-4-5-23-18(21-16)15(19)9-20-23)2-3-14(12)17-10-22(11-24)6-7-25-17/h2-5,8-9,11,17H,6-7,10H2,1H3. The second kappa shape index (κ2) is 6.72. The monoisotopic (exact) mass is 448 g/mol. The molecule has 25 heavy (non-hydrogen) atoms. The van der Waals surface area contributed by atoms with Gasteiger partial charge in [0.1, 0.15) is 6.10 Å². The van der Waals surface area contributed by atoms with Crippen LogP contribution in [0.1, 0.15) is 17.2 Å². The van der Waals surface area contributed by atoms with Crippen molar-refractivity contribution in [2.45, 2.75) is 13.0 Å². The number of carbonyl (C=O) groups excluding carboxylic acids is 1. The van der Waals surface area contributed by atoms with Crippen LogP contribution in [0.3, 0.4) is 0 Å². The lowest BCUT2D eigenvalue weighted by molar-refractivity contribution is -0.125. The molecule has 1 aliphatic rings. The fourth-order valence-corrected chi connectivity index (χ4v) is 3.64. The summed E-state index contributed by atoms with van der Waals surface area (Å²) in [5, 5.41) is 4.26. The lowest BCUT2D eigenvalue weighted by Gasteiger charge is -2.31. The molecule has 1 unspecified atom stereocenters. The molecular formula is C18H17IN4O2. The van der Waals surface area contributed by atoms with Gasteiger partial charge in [-0.25, -0.2) is 9.50 Å². The number of benzene rings is 1. The number of aryl methyl sites for hydroxylation is 1. The maximum absolute atomic E-state index is 11.0. The molecule has 128 valence electrons. The van der Waals surface area contributed by atoms with Crippen LogP contribution in [0.25, 0.3) is 16.9 Å². The van der Waals surface area contributed by atoms with E-state index in [1.165, 1.54) is 0 Å². The fraction of sp³-hybridized carbons (Fsp3) is 0.278. The molecule has 1 amide bonds. The number of morpholine rings is 1. The van der Waals surface area contributed by atoms with Gasteiger partial charge in [-0.1, -0.05) is 12.1 Å². The van der Waals surface area contributed by atoms with Gasteiger partial charge in [0.05, 0.1) is 28.6 Å². The van der Waals surface area contributed by atoms with Crippen molar-refractivity contribution in [1.29, 1.82) is 0 Å². The Labute approximate surface area is 158 Å². The minimum Gasteiger partial charge on any atom is -0.370 e. The van der Waals surface area contributed by atoms with E-state index in [9.17, 15) is 4.79 Å². The van der Waals surface area contributed by atoms with Gasteiger partial charge < -0.3 is 9.64 Å². The first-order valence-electron chi connectivity index (χ1n) is 8.07. The highest BCUT2D eigenvalue weighted by Gasteiger charge is 2.22. The van der Waals surface area contributed by atoms with E-state index < -0.39 is 0 Å². The smallest absolute Gasteiger partial charge is 0.209 e. The molecule has 7 heteroatoms. The first kappa shape index (κ1) is 16.5. The van der Waals surface area contributed by atoms with Crippen molar-refractivity contribution >= 4 is 34.6 Å². The molecule has 3 aromatic rings. The highest BCUT2D eigenvalue weighted by atomic mass is 127. The Hall–Kier alpha value is -2.00. The van der Waals surface area contributed by atoms with Crippen LogP contribution in [-0.2, 0) is 9.53 Å². The third-order valence-corrected chi connectivity index (χ3v) is 5.25. The van der Waals surface area contributed by atoms with E-state index in [1.807, 2.05) is 12.3 Å². The Morgan fingerprint density at radius 3 is 3.04 bits per heavy atom. The van der Waals surface area contributed by atoms with E-state index >= 15 is 0 Å². The van der Waals surface area contributed by atoms with E-state index in [-0.39, 0.29) is 6.10 Å². The van der Waals surface area contributed by atoms with E-state index in [0.29, 0.717) is 19.7 Å². The molecule has 0 bridgehead atoms. The molecule has 0 radical (unpaired) electrons. The number of hydrogen-bond acceptors (Lipinski definition) is 4. The quantitative estimate of drug-likeness (QED) is 0.457. The number of rotatable bonds is 3. The lowest BCUT2D eigenvalue weighted by Crippen LogP contribution is -2.37. The van der Waals surface area contributed by atoms with E-state index in [2.05, 4.69) is 52.8 Å². The Morgan fingerprint density at radius 2 is 2.24 bits per heavy atom. The number of amides is 1. The van der Waals surface area contributed by atoms with Gasteiger partial charge in [-0.05, 0) is 52.8 Å². The number of carbonyl (C=O) groups is 1. The van der Waals surface area contributed by atoms with Gasteiger partial charge in [0.15, 0.2) is 5.65 Å². The lowest BCUT2D eigenvalue weighted by atomic mass is 9.98. The zero-order chi connectivity index (χ0) is 17.4. The summed E-state index contributed by atoms with van der Waals surface area (Å²) >= 11 is 2.24. The molecule has 1 aliphatic heterocycles. The zero-order valence-electron chi connectivity index (χ0n) is 13.7. The van der Waals surface area contributed by atoms with Crippen molar-refractivity contribution in [2.24, 2.45) is 0 Å². The third-order valence-electron chi connectivity index (χ3n) is 4.49. The first-order valence-corrected chi connectivity index (χ1v) is 9.15. The molecule has 4 rings (SSSR count). The largest absolute Gasteiger partial charge is 0.370 e. The number of nitrogens with zero attached hydrogens (tertiary/aromatic N) is 4. The number of ether oxygens (including phenoxy) is 1. The minimum atomic E-state index is -0.0702. The van der Waals surface area contributed by atoms with Crippen molar-refractivity contribution < 1.29 is 9.53 Å². The SMILES string of the molecule is Cc1cc(-c2ccn3ncc(I)c3n2)ccc1C1CN(C=O)CCO1. The maximum atomic E-state index is 11.0. The molecule has 6 nitrogen and oxygen atoms in total. The summed E-state index contributed by atoms with van der Waals surface area (Å²) in [5.74, 6) is 0. The minimum absolute atomic E-state index is 0.0702. The molecule has 0 spiro atoms. The molecule has 1 fully saturated rings. The van der Waals surface area contributed by atoms with Crippen LogP contribution in [-0.4, -0.2) is 45.6 Å². The van der Waals surface area contributed by atoms with Crippen LogP contribution in [0.4, 0.5) is 0 Å². The Morgan fingerprint density at radius 1 is 1.36 bits per heavy atom. The molecule has 1 atom stereocenters. The highest BCUT2D eigenvalue weighted by Crippen LogP contribution is 2.28. The average Bonchev–Trinajstić information content (AvgIpc) is 3.02. The summed E-state index contributed by atoms with van der Waals surface area (Å²) in [6, 6.07) is 8.24. The Kier molecular flexibility index (Phi) is 4.43. The van der Waals surface area contributed by atoms with Crippen LogP contribution < -0.4 is 0 Å². The summed E-state index contributed by atoms with van der Waals surface area (Å²) in [6.45, 7) is 3.90. The summed E-state index contributed by atoms with van der Waals surface area (Å²) in [6.07, 6.45) is 4.56. The molecule has 3 heterocycles. The number of aromatic nitrogens is 3. The molecule has 0 saturated carbocycles. The van der Waals surface area contributed by atoms with Crippen molar-refractivity contribution in [3.8, 4) is 11.3 Å². The van der Waals surface area contributed by atoms with Gasteiger partial charge in [0.25, 0.3) is 0 Å².